The third-order valence-corrected chi connectivity index (χ3v) is 3.77. The Labute approximate surface area is 87.3 Å². The Kier molecular flexibility index (Phi) is 4.82. The SMILES string of the molecule is CCCC[P+](=O)Cc1ccc(C)cc1. The van der Waals surface area contributed by atoms with Gasteiger partial charge >= 0.3 is 7.80 Å². The predicted molar refractivity (Wildman–Crippen MR) is 62.3 cm³/mol. The van der Waals surface area contributed by atoms with Crippen molar-refractivity contribution in [2.45, 2.75) is 32.9 Å². The molecule has 0 aliphatic heterocycles. The summed E-state index contributed by atoms with van der Waals surface area (Å²) in [6, 6.07) is 8.32. The van der Waals surface area contributed by atoms with Gasteiger partial charge < -0.3 is 0 Å². The molecule has 0 saturated carbocycles. The van der Waals surface area contributed by atoms with E-state index < -0.39 is 7.80 Å². The Morgan fingerprint density at radius 1 is 1.21 bits per heavy atom. The summed E-state index contributed by atoms with van der Waals surface area (Å²) in [6.45, 7) is 4.20. The zero-order chi connectivity index (χ0) is 10.4. The molecular weight excluding hydrogens is 191 g/mol. The molecule has 76 valence electrons. The zero-order valence-electron chi connectivity index (χ0n) is 8.99. The van der Waals surface area contributed by atoms with Crippen molar-refractivity contribution in [2.75, 3.05) is 6.16 Å². The van der Waals surface area contributed by atoms with Gasteiger partial charge in [0.15, 0.2) is 6.16 Å². The molecule has 1 aromatic carbocycles. The molecule has 1 unspecified atom stereocenters. The van der Waals surface area contributed by atoms with Crippen molar-refractivity contribution < 1.29 is 4.57 Å². The Balaban J connectivity index is 2.44. The molecule has 0 aliphatic carbocycles. The Morgan fingerprint density at radius 2 is 1.86 bits per heavy atom. The van der Waals surface area contributed by atoms with Crippen LogP contribution in [0.25, 0.3) is 0 Å². The third kappa shape index (κ3) is 4.02. The predicted octanol–water partition coefficient (Wildman–Crippen LogP) is 4.12. The van der Waals surface area contributed by atoms with E-state index in [0.717, 1.165) is 25.2 Å². The van der Waals surface area contributed by atoms with E-state index in [0.29, 0.717) is 0 Å². The largest absolute Gasteiger partial charge is 0.343 e. The number of rotatable bonds is 5. The molecule has 0 heterocycles. The van der Waals surface area contributed by atoms with Gasteiger partial charge in [0, 0.05) is 0 Å². The van der Waals surface area contributed by atoms with Crippen LogP contribution in [0.1, 0.15) is 30.9 Å². The van der Waals surface area contributed by atoms with Crippen LogP contribution >= 0.6 is 7.80 Å². The molecular formula is C12H18OP+. The minimum atomic E-state index is -1.02. The summed E-state index contributed by atoms with van der Waals surface area (Å²) in [6.07, 6.45) is 3.84. The fraction of sp³-hybridized carbons (Fsp3) is 0.500. The highest BCUT2D eigenvalue weighted by Gasteiger charge is 2.14. The van der Waals surface area contributed by atoms with Crippen LogP contribution in [0.2, 0.25) is 0 Å². The van der Waals surface area contributed by atoms with Crippen molar-refractivity contribution in [2.24, 2.45) is 0 Å². The molecule has 0 aromatic heterocycles. The molecule has 0 N–H and O–H groups in total. The second-order valence-electron chi connectivity index (χ2n) is 3.70. The van der Waals surface area contributed by atoms with Crippen molar-refractivity contribution in [3.05, 3.63) is 35.4 Å². The van der Waals surface area contributed by atoms with Gasteiger partial charge in [-0.15, -0.1) is 0 Å². The molecule has 1 aromatic rings. The van der Waals surface area contributed by atoms with Crippen LogP contribution in [0, 0.1) is 6.92 Å². The summed E-state index contributed by atoms with van der Waals surface area (Å²) < 4.78 is 11.6. The maximum Gasteiger partial charge on any atom is 0.343 e. The number of hydrogen-bond donors (Lipinski definition) is 0. The number of hydrogen-bond acceptors (Lipinski definition) is 1. The lowest BCUT2D eigenvalue weighted by Gasteiger charge is -1.94. The lowest BCUT2D eigenvalue weighted by Crippen LogP contribution is -1.84. The van der Waals surface area contributed by atoms with Crippen LogP contribution in [0.15, 0.2) is 24.3 Å². The van der Waals surface area contributed by atoms with Crippen LogP contribution < -0.4 is 0 Å². The smallest absolute Gasteiger partial charge is 0.0744 e. The molecule has 0 bridgehead atoms. The van der Waals surface area contributed by atoms with Crippen molar-refractivity contribution in [1.29, 1.82) is 0 Å². The van der Waals surface area contributed by atoms with E-state index in [1.807, 2.05) is 0 Å². The van der Waals surface area contributed by atoms with Crippen LogP contribution in [-0.2, 0) is 10.7 Å². The lowest BCUT2D eigenvalue weighted by atomic mass is 10.2. The fourth-order valence-corrected chi connectivity index (χ4v) is 2.76. The highest BCUT2D eigenvalue weighted by Crippen LogP contribution is 2.27. The maximum atomic E-state index is 11.6. The summed E-state index contributed by atoms with van der Waals surface area (Å²) >= 11 is 0. The van der Waals surface area contributed by atoms with Crippen molar-refractivity contribution in [3.63, 3.8) is 0 Å². The summed E-state index contributed by atoms with van der Waals surface area (Å²) in [5.41, 5.74) is 2.46. The average Bonchev–Trinajstić information content (AvgIpc) is 2.18. The Bertz CT molecular complexity index is 290. The molecule has 1 atom stereocenters. The van der Waals surface area contributed by atoms with Gasteiger partial charge in [-0.3, -0.25) is 0 Å². The van der Waals surface area contributed by atoms with E-state index in [4.69, 9.17) is 0 Å². The first-order valence-electron chi connectivity index (χ1n) is 5.20. The first kappa shape index (κ1) is 11.4. The van der Waals surface area contributed by atoms with Crippen molar-refractivity contribution in [1.82, 2.24) is 0 Å². The fourth-order valence-electron chi connectivity index (χ4n) is 1.31. The van der Waals surface area contributed by atoms with E-state index >= 15 is 0 Å². The van der Waals surface area contributed by atoms with Crippen LogP contribution in [-0.4, -0.2) is 6.16 Å². The van der Waals surface area contributed by atoms with Gasteiger partial charge in [-0.1, -0.05) is 47.7 Å². The van der Waals surface area contributed by atoms with E-state index in [9.17, 15) is 4.57 Å². The molecule has 1 nitrogen and oxygen atoms in total. The van der Waals surface area contributed by atoms with Crippen LogP contribution in [0.4, 0.5) is 0 Å². The summed E-state index contributed by atoms with van der Waals surface area (Å²) in [4.78, 5) is 0. The molecule has 2 heteroatoms. The summed E-state index contributed by atoms with van der Waals surface area (Å²) in [7, 11) is -1.02. The third-order valence-electron chi connectivity index (χ3n) is 2.24. The maximum absolute atomic E-state index is 11.6. The molecule has 1 rings (SSSR count). The monoisotopic (exact) mass is 209 g/mol. The summed E-state index contributed by atoms with van der Waals surface area (Å²) in [5.74, 6) is 0. The lowest BCUT2D eigenvalue weighted by molar-refractivity contribution is 0.585. The number of benzene rings is 1. The van der Waals surface area contributed by atoms with E-state index in [2.05, 4.69) is 38.1 Å². The van der Waals surface area contributed by atoms with Crippen LogP contribution in [0.5, 0.6) is 0 Å². The van der Waals surface area contributed by atoms with Gasteiger partial charge in [0.25, 0.3) is 0 Å². The van der Waals surface area contributed by atoms with Crippen molar-refractivity contribution in [3.8, 4) is 0 Å². The van der Waals surface area contributed by atoms with Gasteiger partial charge in [0.1, 0.15) is 6.16 Å². The molecule has 0 amide bonds. The molecule has 0 spiro atoms. The average molecular weight is 209 g/mol. The molecule has 0 fully saturated rings. The molecule has 14 heavy (non-hydrogen) atoms. The van der Waals surface area contributed by atoms with Gasteiger partial charge in [0.05, 0.1) is 0 Å². The van der Waals surface area contributed by atoms with Gasteiger partial charge in [-0.25, -0.2) is 0 Å². The van der Waals surface area contributed by atoms with Gasteiger partial charge in [0.2, 0.25) is 0 Å². The van der Waals surface area contributed by atoms with Crippen molar-refractivity contribution >= 4 is 7.80 Å². The quantitative estimate of drug-likeness (QED) is 0.666. The Morgan fingerprint density at radius 3 is 2.43 bits per heavy atom. The zero-order valence-corrected chi connectivity index (χ0v) is 9.89. The molecule has 0 radical (unpaired) electrons. The first-order valence-corrected chi connectivity index (χ1v) is 6.83. The number of aryl methyl sites for hydroxylation is 1. The minimum Gasteiger partial charge on any atom is -0.0744 e. The summed E-state index contributed by atoms with van der Waals surface area (Å²) in [5, 5.41) is 0. The standard InChI is InChI=1S/C12H18OP/c1-3-4-9-14(13)10-12-7-5-11(2)6-8-12/h5-8H,3-4,9-10H2,1-2H3/q+1. The van der Waals surface area contributed by atoms with E-state index in [-0.39, 0.29) is 0 Å². The van der Waals surface area contributed by atoms with Gasteiger partial charge in [-0.05, 0) is 18.9 Å². The van der Waals surface area contributed by atoms with E-state index in [1.165, 1.54) is 11.1 Å². The van der Waals surface area contributed by atoms with Crippen LogP contribution in [0.3, 0.4) is 0 Å². The Hall–Kier alpha value is -0.680. The number of unbranched alkanes of at least 4 members (excludes halogenated alkanes) is 1. The second-order valence-corrected chi connectivity index (χ2v) is 5.43. The minimum absolute atomic E-state index is 0.746. The second kappa shape index (κ2) is 5.93. The highest BCUT2D eigenvalue weighted by molar-refractivity contribution is 7.43. The topological polar surface area (TPSA) is 17.1 Å². The first-order chi connectivity index (χ1) is 6.72. The normalized spacial score (nSPS) is 11.4. The highest BCUT2D eigenvalue weighted by atomic mass is 31.1. The molecule has 0 saturated heterocycles. The molecule has 0 aliphatic rings. The van der Waals surface area contributed by atoms with E-state index in [1.54, 1.807) is 0 Å². The van der Waals surface area contributed by atoms with Gasteiger partial charge in [-0.2, -0.15) is 0 Å².